The fourth-order valence-corrected chi connectivity index (χ4v) is 3.26. The molecule has 2 saturated heterocycles. The van der Waals surface area contributed by atoms with Crippen LogP contribution in [0.4, 0.5) is 15.3 Å². The van der Waals surface area contributed by atoms with Crippen LogP contribution in [0.2, 0.25) is 0 Å². The topological polar surface area (TPSA) is 88.2 Å². The number of hydrogen-bond donors (Lipinski definition) is 1. The van der Waals surface area contributed by atoms with Gasteiger partial charge in [0.1, 0.15) is 11.8 Å². The summed E-state index contributed by atoms with van der Waals surface area (Å²) in [5.41, 5.74) is 1.15. The summed E-state index contributed by atoms with van der Waals surface area (Å²) in [6.07, 6.45) is 1.01. The number of carbonyl (C=O) groups excluding carboxylic acids is 3. The molecule has 1 N–H and O–H groups in total. The zero-order valence-corrected chi connectivity index (χ0v) is 14.3. The smallest absolute Gasteiger partial charge is 0.411 e. The Bertz CT molecular complexity index is 684. The van der Waals surface area contributed by atoms with Crippen LogP contribution in [0.1, 0.15) is 25.3 Å². The molecule has 0 radical (unpaired) electrons. The van der Waals surface area contributed by atoms with E-state index in [9.17, 15) is 14.4 Å². The number of carbonyl (C=O) groups is 3. The molecular weight excluding hydrogens is 326 g/mol. The number of imide groups is 1. The Kier molecular flexibility index (Phi) is 4.78. The molecule has 8 heteroatoms. The number of rotatable bonds is 5. The number of methoxy groups -OCH3 is 1. The lowest BCUT2D eigenvalue weighted by Crippen LogP contribution is -2.32. The summed E-state index contributed by atoms with van der Waals surface area (Å²) >= 11 is 0. The van der Waals surface area contributed by atoms with Crippen LogP contribution in [0.25, 0.3) is 0 Å². The third-order valence-electron chi connectivity index (χ3n) is 4.41. The highest BCUT2D eigenvalue weighted by Crippen LogP contribution is 2.31. The average Bonchev–Trinajstić information content (AvgIpc) is 3.15. The van der Waals surface area contributed by atoms with Crippen LogP contribution in [0, 0.1) is 0 Å². The number of nitrogens with zero attached hydrogens (tertiary/aromatic N) is 2. The number of nitrogens with one attached hydrogen (secondary N) is 1. The molecule has 2 heterocycles. The van der Waals surface area contributed by atoms with E-state index in [4.69, 9.17) is 9.47 Å². The Balaban J connectivity index is 1.80. The predicted octanol–water partition coefficient (Wildman–Crippen LogP) is 2.19. The molecule has 0 aromatic heterocycles. The number of hydrogen-bond acceptors (Lipinski definition) is 5. The van der Waals surface area contributed by atoms with Crippen LogP contribution in [0.15, 0.2) is 18.2 Å². The highest BCUT2D eigenvalue weighted by atomic mass is 16.5. The minimum atomic E-state index is -0.562. The molecule has 8 nitrogen and oxygen atoms in total. The standard InChI is InChI=1S/C17H21N3O5/c1-3-25-16(22)18-12-6-7-14(24-2)11(9-12)10-20-15(21)13-5-4-8-19(13)17(20)23/h6-7,9,13H,3-5,8,10H2,1-2H3,(H,18,22). The largest absolute Gasteiger partial charge is 0.496 e. The fourth-order valence-electron chi connectivity index (χ4n) is 3.26. The molecule has 4 amide bonds. The second-order valence-electron chi connectivity index (χ2n) is 5.93. The van der Waals surface area contributed by atoms with Gasteiger partial charge < -0.3 is 14.4 Å². The van der Waals surface area contributed by atoms with Gasteiger partial charge in [0.15, 0.2) is 0 Å². The molecule has 2 aliphatic rings. The van der Waals surface area contributed by atoms with E-state index in [1.165, 1.54) is 12.0 Å². The first-order valence-corrected chi connectivity index (χ1v) is 8.27. The number of anilines is 1. The summed E-state index contributed by atoms with van der Waals surface area (Å²) in [6.45, 7) is 2.71. The Labute approximate surface area is 145 Å². The lowest BCUT2D eigenvalue weighted by atomic mass is 10.1. The van der Waals surface area contributed by atoms with Crippen molar-refractivity contribution >= 4 is 23.7 Å². The van der Waals surface area contributed by atoms with Gasteiger partial charge >= 0.3 is 12.1 Å². The van der Waals surface area contributed by atoms with Gasteiger partial charge in [-0.2, -0.15) is 0 Å². The maximum absolute atomic E-state index is 12.5. The SMILES string of the molecule is CCOC(=O)Nc1ccc(OC)c(CN2C(=O)C3CCCN3C2=O)c1. The molecule has 0 saturated carbocycles. The maximum atomic E-state index is 12.5. The third-order valence-corrected chi connectivity index (χ3v) is 4.41. The second-order valence-corrected chi connectivity index (χ2v) is 5.93. The summed E-state index contributed by atoms with van der Waals surface area (Å²) in [7, 11) is 1.52. The summed E-state index contributed by atoms with van der Waals surface area (Å²) in [4.78, 5) is 39.4. The number of urea groups is 1. The summed E-state index contributed by atoms with van der Waals surface area (Å²) < 4.78 is 10.2. The van der Waals surface area contributed by atoms with E-state index >= 15 is 0 Å². The summed E-state index contributed by atoms with van der Waals surface area (Å²) in [6, 6.07) is 4.44. The molecule has 25 heavy (non-hydrogen) atoms. The molecule has 3 rings (SSSR count). The summed E-state index contributed by atoms with van der Waals surface area (Å²) in [5.74, 6) is 0.371. The molecule has 0 bridgehead atoms. The Morgan fingerprint density at radius 1 is 1.36 bits per heavy atom. The zero-order valence-electron chi connectivity index (χ0n) is 14.3. The highest BCUT2D eigenvalue weighted by Gasteiger charge is 2.47. The van der Waals surface area contributed by atoms with Crippen molar-refractivity contribution in [2.75, 3.05) is 25.6 Å². The predicted molar refractivity (Wildman–Crippen MR) is 89.3 cm³/mol. The van der Waals surface area contributed by atoms with E-state index in [2.05, 4.69) is 5.32 Å². The van der Waals surface area contributed by atoms with E-state index in [1.807, 2.05) is 0 Å². The Morgan fingerprint density at radius 3 is 2.84 bits per heavy atom. The van der Waals surface area contributed by atoms with E-state index < -0.39 is 6.09 Å². The quantitative estimate of drug-likeness (QED) is 0.825. The first-order valence-electron chi connectivity index (χ1n) is 8.27. The molecule has 0 aliphatic carbocycles. The van der Waals surface area contributed by atoms with Gasteiger partial charge in [0.2, 0.25) is 0 Å². The van der Waals surface area contributed by atoms with Crippen molar-refractivity contribution in [1.29, 1.82) is 0 Å². The van der Waals surface area contributed by atoms with Gasteiger partial charge in [0.25, 0.3) is 5.91 Å². The van der Waals surface area contributed by atoms with Crippen molar-refractivity contribution in [3.05, 3.63) is 23.8 Å². The minimum Gasteiger partial charge on any atom is -0.496 e. The van der Waals surface area contributed by atoms with Crippen molar-refractivity contribution < 1.29 is 23.9 Å². The van der Waals surface area contributed by atoms with Crippen LogP contribution in [0.3, 0.4) is 0 Å². The lowest BCUT2D eigenvalue weighted by molar-refractivity contribution is -0.128. The molecule has 1 unspecified atom stereocenters. The number of ether oxygens (including phenoxy) is 2. The first-order chi connectivity index (χ1) is 12.0. The van der Waals surface area contributed by atoms with Gasteiger partial charge in [-0.1, -0.05) is 0 Å². The molecule has 1 aromatic carbocycles. The average molecular weight is 347 g/mol. The molecule has 2 fully saturated rings. The Hall–Kier alpha value is -2.77. The second kappa shape index (κ2) is 7.00. The lowest BCUT2D eigenvalue weighted by Gasteiger charge is -2.18. The van der Waals surface area contributed by atoms with Gasteiger partial charge in [-0.05, 0) is 38.0 Å². The van der Waals surface area contributed by atoms with Crippen LogP contribution in [0.5, 0.6) is 5.75 Å². The minimum absolute atomic E-state index is 0.103. The van der Waals surface area contributed by atoms with Gasteiger partial charge in [0, 0.05) is 17.8 Å². The first kappa shape index (κ1) is 17.1. The van der Waals surface area contributed by atoms with E-state index in [0.717, 1.165) is 6.42 Å². The number of fused-ring (bicyclic) bond motifs is 1. The highest BCUT2D eigenvalue weighted by molar-refractivity contribution is 6.04. The zero-order chi connectivity index (χ0) is 18.0. The molecule has 0 spiro atoms. The molecule has 1 aromatic rings. The molecule has 134 valence electrons. The van der Waals surface area contributed by atoms with Gasteiger partial charge in [0.05, 0.1) is 20.3 Å². The molecule has 2 aliphatic heterocycles. The summed E-state index contributed by atoms with van der Waals surface area (Å²) in [5, 5.41) is 2.61. The van der Waals surface area contributed by atoms with Gasteiger partial charge in [-0.25, -0.2) is 9.59 Å². The van der Waals surface area contributed by atoms with E-state index in [0.29, 0.717) is 30.0 Å². The van der Waals surface area contributed by atoms with Gasteiger partial charge in [-0.15, -0.1) is 0 Å². The van der Waals surface area contributed by atoms with Crippen LogP contribution in [-0.2, 0) is 16.1 Å². The molecular formula is C17H21N3O5. The number of benzene rings is 1. The number of amides is 4. The normalized spacial score (nSPS) is 19.2. The van der Waals surface area contributed by atoms with E-state index in [-0.39, 0.29) is 31.1 Å². The van der Waals surface area contributed by atoms with Crippen LogP contribution >= 0.6 is 0 Å². The van der Waals surface area contributed by atoms with Gasteiger partial charge in [-0.3, -0.25) is 15.0 Å². The van der Waals surface area contributed by atoms with Crippen molar-refractivity contribution in [2.24, 2.45) is 0 Å². The third kappa shape index (κ3) is 3.24. The van der Waals surface area contributed by atoms with Crippen molar-refractivity contribution in [3.63, 3.8) is 0 Å². The molecule has 1 atom stereocenters. The van der Waals surface area contributed by atoms with Crippen LogP contribution in [-0.4, -0.2) is 54.1 Å². The van der Waals surface area contributed by atoms with Crippen molar-refractivity contribution in [3.8, 4) is 5.75 Å². The van der Waals surface area contributed by atoms with E-state index in [1.54, 1.807) is 30.0 Å². The Morgan fingerprint density at radius 2 is 2.16 bits per heavy atom. The maximum Gasteiger partial charge on any atom is 0.411 e. The van der Waals surface area contributed by atoms with Crippen LogP contribution < -0.4 is 10.1 Å². The fraction of sp³-hybridized carbons (Fsp3) is 0.471. The van der Waals surface area contributed by atoms with Crippen molar-refractivity contribution in [2.45, 2.75) is 32.4 Å². The van der Waals surface area contributed by atoms with Crippen molar-refractivity contribution in [1.82, 2.24) is 9.80 Å². The monoisotopic (exact) mass is 347 g/mol.